The number of urea groups is 1. The number of aliphatic carboxylic acids is 1. The van der Waals surface area contributed by atoms with Crippen LogP contribution in [0.25, 0.3) is 0 Å². The van der Waals surface area contributed by atoms with Crippen molar-refractivity contribution in [2.75, 3.05) is 25.5 Å². The van der Waals surface area contributed by atoms with Crippen LogP contribution in [0, 0.1) is 0 Å². The van der Waals surface area contributed by atoms with Crippen molar-refractivity contribution in [2.45, 2.75) is 6.42 Å². The Labute approximate surface area is 126 Å². The Balaban J connectivity index is 2.05. The molecule has 0 atom stereocenters. The zero-order valence-corrected chi connectivity index (χ0v) is 11.9. The third kappa shape index (κ3) is 3.40. The van der Waals surface area contributed by atoms with Crippen molar-refractivity contribution in [3.05, 3.63) is 29.8 Å². The maximum absolute atomic E-state index is 12.0. The maximum atomic E-state index is 12.0. The standard InChI is InChI=1S/C14H15N3O5/c1-16-8-12(19)17(14(16)22)7-11(18)15-10-5-3-2-4-9(10)6-13(20)21/h2-5H,6-8H2,1H3,(H,15,18)(H,20,21). The molecular formula is C14H15N3O5. The zero-order chi connectivity index (χ0) is 16.3. The van der Waals surface area contributed by atoms with Crippen LogP contribution in [0.2, 0.25) is 0 Å². The molecule has 0 aliphatic carbocycles. The quantitative estimate of drug-likeness (QED) is 0.753. The van der Waals surface area contributed by atoms with Crippen molar-refractivity contribution >= 4 is 29.5 Å². The molecule has 0 spiro atoms. The number of anilines is 1. The monoisotopic (exact) mass is 305 g/mol. The summed E-state index contributed by atoms with van der Waals surface area (Å²) in [5.41, 5.74) is 0.793. The first kappa shape index (κ1) is 15.5. The number of nitrogens with zero attached hydrogens (tertiary/aromatic N) is 2. The van der Waals surface area contributed by atoms with Gasteiger partial charge in [-0.25, -0.2) is 4.79 Å². The maximum Gasteiger partial charge on any atom is 0.327 e. The number of benzene rings is 1. The molecule has 1 saturated heterocycles. The minimum absolute atomic E-state index is 0.0539. The van der Waals surface area contributed by atoms with Gasteiger partial charge in [-0.15, -0.1) is 0 Å². The highest BCUT2D eigenvalue weighted by molar-refractivity contribution is 6.06. The number of rotatable bonds is 5. The van der Waals surface area contributed by atoms with Gasteiger partial charge in [-0.3, -0.25) is 19.3 Å². The van der Waals surface area contributed by atoms with Crippen LogP contribution in [0.5, 0.6) is 0 Å². The summed E-state index contributed by atoms with van der Waals surface area (Å²) in [4.78, 5) is 48.1. The van der Waals surface area contributed by atoms with Gasteiger partial charge in [-0.2, -0.15) is 0 Å². The van der Waals surface area contributed by atoms with E-state index in [1.807, 2.05) is 0 Å². The number of nitrogens with one attached hydrogen (secondary N) is 1. The van der Waals surface area contributed by atoms with Gasteiger partial charge in [-0.05, 0) is 11.6 Å². The summed E-state index contributed by atoms with van der Waals surface area (Å²) in [5, 5.41) is 11.4. The van der Waals surface area contributed by atoms with E-state index in [1.165, 1.54) is 11.9 Å². The number of hydrogen-bond donors (Lipinski definition) is 2. The highest BCUT2D eigenvalue weighted by atomic mass is 16.4. The van der Waals surface area contributed by atoms with E-state index in [2.05, 4.69) is 5.32 Å². The SMILES string of the molecule is CN1CC(=O)N(CC(=O)Nc2ccccc2CC(=O)O)C1=O. The average molecular weight is 305 g/mol. The second-order valence-electron chi connectivity index (χ2n) is 4.89. The first-order chi connectivity index (χ1) is 10.4. The number of para-hydroxylation sites is 1. The third-order valence-corrected chi connectivity index (χ3v) is 3.17. The number of carboxylic acid groups (broad SMARTS) is 1. The summed E-state index contributed by atoms with van der Waals surface area (Å²) in [5.74, 6) is -2.02. The Morgan fingerprint density at radius 3 is 2.55 bits per heavy atom. The summed E-state index contributed by atoms with van der Waals surface area (Å²) < 4.78 is 0. The lowest BCUT2D eigenvalue weighted by atomic mass is 10.1. The fourth-order valence-electron chi connectivity index (χ4n) is 2.12. The first-order valence-electron chi connectivity index (χ1n) is 6.53. The van der Waals surface area contributed by atoms with Crippen molar-refractivity contribution < 1.29 is 24.3 Å². The van der Waals surface area contributed by atoms with Crippen molar-refractivity contribution in [2.24, 2.45) is 0 Å². The fraction of sp³-hybridized carbons (Fsp3) is 0.286. The topological polar surface area (TPSA) is 107 Å². The smallest absolute Gasteiger partial charge is 0.327 e. The lowest BCUT2D eigenvalue weighted by molar-refractivity contribution is -0.136. The lowest BCUT2D eigenvalue weighted by Gasteiger charge is -2.15. The van der Waals surface area contributed by atoms with Gasteiger partial charge in [0.1, 0.15) is 13.1 Å². The highest BCUT2D eigenvalue weighted by Gasteiger charge is 2.34. The van der Waals surface area contributed by atoms with E-state index in [-0.39, 0.29) is 13.0 Å². The van der Waals surface area contributed by atoms with E-state index >= 15 is 0 Å². The Kier molecular flexibility index (Phi) is 4.40. The molecule has 0 bridgehead atoms. The molecule has 2 rings (SSSR count). The molecule has 8 nitrogen and oxygen atoms in total. The number of amides is 4. The number of imide groups is 1. The number of carbonyl (C=O) groups is 4. The second-order valence-corrected chi connectivity index (χ2v) is 4.89. The van der Waals surface area contributed by atoms with Crippen LogP contribution in [-0.2, 0) is 20.8 Å². The van der Waals surface area contributed by atoms with E-state index in [9.17, 15) is 19.2 Å². The van der Waals surface area contributed by atoms with Gasteiger partial charge in [0.25, 0.3) is 5.91 Å². The zero-order valence-electron chi connectivity index (χ0n) is 11.9. The first-order valence-corrected chi connectivity index (χ1v) is 6.53. The Morgan fingerprint density at radius 1 is 1.27 bits per heavy atom. The van der Waals surface area contributed by atoms with Crippen LogP contribution in [0.1, 0.15) is 5.56 Å². The van der Waals surface area contributed by atoms with E-state index in [4.69, 9.17) is 5.11 Å². The van der Waals surface area contributed by atoms with E-state index in [1.54, 1.807) is 24.3 Å². The lowest BCUT2D eigenvalue weighted by Crippen LogP contribution is -2.38. The Hall–Kier alpha value is -2.90. The summed E-state index contributed by atoms with van der Waals surface area (Å²) >= 11 is 0. The van der Waals surface area contributed by atoms with Crippen LogP contribution in [0.15, 0.2) is 24.3 Å². The van der Waals surface area contributed by atoms with Crippen LogP contribution < -0.4 is 5.32 Å². The Morgan fingerprint density at radius 2 is 1.95 bits per heavy atom. The number of carboxylic acids is 1. The minimum atomic E-state index is -1.02. The van der Waals surface area contributed by atoms with Gasteiger partial charge in [0.05, 0.1) is 6.42 Å². The number of carbonyl (C=O) groups excluding carboxylic acids is 3. The van der Waals surface area contributed by atoms with Gasteiger partial charge < -0.3 is 15.3 Å². The van der Waals surface area contributed by atoms with Crippen LogP contribution in [0.4, 0.5) is 10.5 Å². The molecule has 1 aromatic carbocycles. The molecule has 2 N–H and O–H groups in total. The molecule has 1 heterocycles. The summed E-state index contributed by atoms with van der Waals surface area (Å²) in [6.45, 7) is -0.453. The number of likely N-dealkylation sites (N-methyl/N-ethyl adjacent to an activating group) is 1. The molecule has 1 aromatic rings. The minimum Gasteiger partial charge on any atom is -0.481 e. The van der Waals surface area contributed by atoms with Gasteiger partial charge >= 0.3 is 12.0 Å². The molecule has 0 aromatic heterocycles. The highest BCUT2D eigenvalue weighted by Crippen LogP contribution is 2.16. The molecule has 22 heavy (non-hydrogen) atoms. The van der Waals surface area contributed by atoms with Crippen LogP contribution in [0.3, 0.4) is 0 Å². The van der Waals surface area contributed by atoms with E-state index in [0.29, 0.717) is 11.3 Å². The number of hydrogen-bond acceptors (Lipinski definition) is 4. The molecule has 4 amide bonds. The average Bonchev–Trinajstić information content (AvgIpc) is 2.67. The second kappa shape index (κ2) is 6.25. The molecule has 1 aliphatic heterocycles. The fourth-order valence-corrected chi connectivity index (χ4v) is 2.12. The third-order valence-electron chi connectivity index (χ3n) is 3.17. The summed E-state index contributed by atoms with van der Waals surface area (Å²) in [6, 6.07) is 5.94. The van der Waals surface area contributed by atoms with Crippen LogP contribution >= 0.6 is 0 Å². The molecule has 1 aliphatic rings. The molecule has 0 saturated carbocycles. The summed E-state index contributed by atoms with van der Waals surface area (Å²) in [6.07, 6.45) is -0.235. The van der Waals surface area contributed by atoms with Gasteiger partial charge in [0.15, 0.2) is 0 Å². The van der Waals surface area contributed by atoms with E-state index in [0.717, 1.165) is 4.90 Å². The van der Waals surface area contributed by atoms with Gasteiger partial charge in [-0.1, -0.05) is 18.2 Å². The van der Waals surface area contributed by atoms with Crippen molar-refractivity contribution in [3.8, 4) is 0 Å². The predicted molar refractivity (Wildman–Crippen MR) is 76.2 cm³/mol. The van der Waals surface area contributed by atoms with Crippen LogP contribution in [-0.4, -0.2) is 58.9 Å². The molecule has 1 fully saturated rings. The molecule has 8 heteroatoms. The predicted octanol–water partition coefficient (Wildman–Crippen LogP) is 0.146. The van der Waals surface area contributed by atoms with Crippen molar-refractivity contribution in [1.82, 2.24) is 9.80 Å². The largest absolute Gasteiger partial charge is 0.481 e. The normalized spacial score (nSPS) is 14.4. The van der Waals surface area contributed by atoms with Crippen molar-refractivity contribution in [1.29, 1.82) is 0 Å². The van der Waals surface area contributed by atoms with Crippen molar-refractivity contribution in [3.63, 3.8) is 0 Å². The molecule has 0 radical (unpaired) electrons. The molecular weight excluding hydrogens is 290 g/mol. The molecule has 0 unspecified atom stereocenters. The summed E-state index contributed by atoms with van der Waals surface area (Å²) in [7, 11) is 1.47. The van der Waals surface area contributed by atoms with Gasteiger partial charge in [0.2, 0.25) is 5.91 Å². The van der Waals surface area contributed by atoms with Gasteiger partial charge in [0, 0.05) is 12.7 Å². The Bertz CT molecular complexity index is 643. The van der Waals surface area contributed by atoms with E-state index < -0.39 is 30.4 Å². The molecule has 116 valence electrons.